The zero-order chi connectivity index (χ0) is 24.8. The van der Waals surface area contributed by atoms with E-state index in [2.05, 4.69) is 47.8 Å². The largest absolute Gasteiger partial charge is 0.444 e. The Labute approximate surface area is 208 Å². The highest BCUT2D eigenvalue weighted by Crippen LogP contribution is 2.45. The van der Waals surface area contributed by atoms with Crippen molar-refractivity contribution in [2.75, 3.05) is 25.0 Å². The van der Waals surface area contributed by atoms with Gasteiger partial charge in [0.2, 0.25) is 5.91 Å². The number of piperidine rings is 1. The molecule has 2 amide bonds. The molecule has 2 aromatic carbocycles. The lowest BCUT2D eigenvalue weighted by atomic mass is 9.76. The molecular weight excluding hydrogens is 438 g/mol. The minimum Gasteiger partial charge on any atom is -0.444 e. The van der Waals surface area contributed by atoms with Crippen LogP contribution in [-0.4, -0.2) is 48.2 Å². The first-order valence-corrected chi connectivity index (χ1v) is 12.9. The normalized spacial score (nSPS) is 24.6. The van der Waals surface area contributed by atoms with Crippen molar-refractivity contribution >= 4 is 17.7 Å². The zero-order valence-electron chi connectivity index (χ0n) is 21.4. The highest BCUT2D eigenvalue weighted by molar-refractivity contribution is 5.96. The van der Waals surface area contributed by atoms with Gasteiger partial charge in [0.1, 0.15) is 5.60 Å². The van der Waals surface area contributed by atoms with Crippen molar-refractivity contribution in [2.45, 2.75) is 76.5 Å². The smallest absolute Gasteiger partial charge is 0.410 e. The molecular formula is C29H37N3O3. The second-order valence-electron chi connectivity index (χ2n) is 11.3. The Balaban J connectivity index is 1.54. The fourth-order valence-electron chi connectivity index (χ4n) is 6.12. The highest BCUT2D eigenvalue weighted by Gasteiger charge is 2.49. The summed E-state index contributed by atoms with van der Waals surface area (Å²) in [5.74, 6) is 0.160. The van der Waals surface area contributed by atoms with Gasteiger partial charge in [-0.05, 0) is 93.8 Å². The quantitative estimate of drug-likeness (QED) is 0.627. The Hall–Kier alpha value is -2.86. The lowest BCUT2D eigenvalue weighted by molar-refractivity contribution is -0.118. The van der Waals surface area contributed by atoms with Crippen LogP contribution in [0.2, 0.25) is 0 Å². The van der Waals surface area contributed by atoms with Gasteiger partial charge in [-0.2, -0.15) is 0 Å². The van der Waals surface area contributed by atoms with Gasteiger partial charge in [-0.25, -0.2) is 4.79 Å². The van der Waals surface area contributed by atoms with E-state index < -0.39 is 5.60 Å². The standard InChI is InChI=1S/C29H37N3O3/c1-28(2,3)35-27(34)32-17-7-15-29(14-6-16-30-29)26(32)23-9-5-8-21(18-23)22-11-10-20-12-13-25(33)31(4)24(20)19-22/h5,8-11,18-19,26,30H,6-7,12-17H2,1-4H3/t26-,29+/m0/s1. The highest BCUT2D eigenvalue weighted by atomic mass is 16.6. The Bertz CT molecular complexity index is 1130. The number of benzene rings is 2. The van der Waals surface area contributed by atoms with Gasteiger partial charge in [-0.1, -0.05) is 30.3 Å². The molecule has 3 aliphatic heterocycles. The van der Waals surface area contributed by atoms with Crippen molar-refractivity contribution in [1.82, 2.24) is 10.2 Å². The van der Waals surface area contributed by atoms with Gasteiger partial charge < -0.3 is 15.0 Å². The van der Waals surface area contributed by atoms with E-state index >= 15 is 0 Å². The van der Waals surface area contributed by atoms with Gasteiger partial charge in [-0.3, -0.25) is 9.69 Å². The van der Waals surface area contributed by atoms with Crippen LogP contribution in [0.4, 0.5) is 10.5 Å². The number of carbonyl (C=O) groups excluding carboxylic acids is 2. The fourth-order valence-corrected chi connectivity index (χ4v) is 6.12. The van der Waals surface area contributed by atoms with E-state index in [-0.39, 0.29) is 23.6 Å². The van der Waals surface area contributed by atoms with Crippen LogP contribution >= 0.6 is 0 Å². The van der Waals surface area contributed by atoms with Crippen molar-refractivity contribution < 1.29 is 14.3 Å². The van der Waals surface area contributed by atoms with Gasteiger partial charge >= 0.3 is 6.09 Å². The lowest BCUT2D eigenvalue weighted by Crippen LogP contribution is -2.58. The van der Waals surface area contributed by atoms with Crippen molar-refractivity contribution in [3.8, 4) is 11.1 Å². The summed E-state index contributed by atoms with van der Waals surface area (Å²) in [5, 5.41) is 3.79. The van der Waals surface area contributed by atoms with Crippen LogP contribution in [0.15, 0.2) is 42.5 Å². The number of ether oxygens (including phenoxy) is 1. The number of carbonyl (C=O) groups is 2. The molecule has 6 nitrogen and oxygen atoms in total. The molecule has 2 fully saturated rings. The van der Waals surface area contributed by atoms with E-state index in [1.807, 2.05) is 32.7 Å². The number of nitrogens with one attached hydrogen (secondary N) is 1. The van der Waals surface area contributed by atoms with Crippen LogP contribution in [0.3, 0.4) is 0 Å². The number of nitrogens with zero attached hydrogens (tertiary/aromatic N) is 2. The van der Waals surface area contributed by atoms with E-state index in [1.165, 1.54) is 5.56 Å². The summed E-state index contributed by atoms with van der Waals surface area (Å²) in [6.45, 7) is 7.44. The molecule has 2 saturated heterocycles. The minimum absolute atomic E-state index is 0.0876. The maximum atomic E-state index is 13.4. The number of amides is 2. The molecule has 2 atom stereocenters. The summed E-state index contributed by atoms with van der Waals surface area (Å²) >= 11 is 0. The van der Waals surface area contributed by atoms with Gasteiger partial charge in [0, 0.05) is 31.2 Å². The lowest BCUT2D eigenvalue weighted by Gasteiger charge is -2.48. The van der Waals surface area contributed by atoms with Gasteiger partial charge in [0.05, 0.1) is 6.04 Å². The average molecular weight is 476 g/mol. The summed E-state index contributed by atoms with van der Waals surface area (Å²) < 4.78 is 5.85. The Morgan fingerprint density at radius 2 is 1.83 bits per heavy atom. The summed E-state index contributed by atoms with van der Waals surface area (Å²) in [5.41, 5.74) is 4.85. The number of aryl methyl sites for hydroxylation is 1. The molecule has 35 heavy (non-hydrogen) atoms. The molecule has 3 heterocycles. The topological polar surface area (TPSA) is 61.9 Å². The van der Waals surface area contributed by atoms with Crippen LogP contribution < -0.4 is 10.2 Å². The molecule has 186 valence electrons. The van der Waals surface area contributed by atoms with Crippen molar-refractivity contribution in [1.29, 1.82) is 0 Å². The molecule has 0 bridgehead atoms. The average Bonchev–Trinajstić information content (AvgIpc) is 3.28. The van der Waals surface area contributed by atoms with Gasteiger partial charge in [0.15, 0.2) is 0 Å². The molecule has 2 aromatic rings. The summed E-state index contributed by atoms with van der Waals surface area (Å²) in [4.78, 5) is 29.4. The Morgan fingerprint density at radius 1 is 1.06 bits per heavy atom. The minimum atomic E-state index is -0.538. The number of hydrogen-bond donors (Lipinski definition) is 1. The number of anilines is 1. The first-order valence-electron chi connectivity index (χ1n) is 12.9. The van der Waals surface area contributed by atoms with E-state index in [0.717, 1.165) is 61.0 Å². The number of hydrogen-bond acceptors (Lipinski definition) is 4. The summed E-state index contributed by atoms with van der Waals surface area (Å²) in [6.07, 6.45) is 5.29. The molecule has 0 unspecified atom stereocenters. The van der Waals surface area contributed by atoms with Crippen LogP contribution in [0.1, 0.15) is 70.0 Å². The van der Waals surface area contributed by atoms with Crippen LogP contribution in [0.25, 0.3) is 11.1 Å². The first kappa shape index (κ1) is 23.9. The van der Waals surface area contributed by atoms with Gasteiger partial charge in [-0.15, -0.1) is 0 Å². The maximum absolute atomic E-state index is 13.4. The monoisotopic (exact) mass is 475 g/mol. The van der Waals surface area contributed by atoms with E-state index in [4.69, 9.17) is 4.74 Å². The molecule has 1 spiro atoms. The predicted molar refractivity (Wildman–Crippen MR) is 138 cm³/mol. The first-order chi connectivity index (χ1) is 16.7. The molecule has 3 aliphatic rings. The summed E-state index contributed by atoms with van der Waals surface area (Å²) in [7, 11) is 1.86. The molecule has 0 aromatic heterocycles. The van der Waals surface area contributed by atoms with Crippen LogP contribution in [-0.2, 0) is 16.0 Å². The molecule has 1 N–H and O–H groups in total. The maximum Gasteiger partial charge on any atom is 0.410 e. The second-order valence-corrected chi connectivity index (χ2v) is 11.3. The van der Waals surface area contributed by atoms with E-state index in [1.54, 1.807) is 4.90 Å². The Kier molecular flexibility index (Phi) is 6.12. The van der Waals surface area contributed by atoms with Gasteiger partial charge in [0.25, 0.3) is 0 Å². The third-order valence-corrected chi connectivity index (χ3v) is 7.73. The van der Waals surface area contributed by atoms with Crippen LogP contribution in [0.5, 0.6) is 0 Å². The fraction of sp³-hybridized carbons (Fsp3) is 0.517. The SMILES string of the molecule is CN1C(=O)CCc2ccc(-c3cccc([C@@H]4N(C(=O)OC(C)(C)C)CCC[C@]45CCCN5)c3)cc21. The molecule has 0 aliphatic carbocycles. The number of rotatable bonds is 2. The van der Waals surface area contributed by atoms with Crippen LogP contribution in [0, 0.1) is 0 Å². The number of fused-ring (bicyclic) bond motifs is 1. The van der Waals surface area contributed by atoms with Crippen molar-refractivity contribution in [3.63, 3.8) is 0 Å². The zero-order valence-corrected chi connectivity index (χ0v) is 21.4. The van der Waals surface area contributed by atoms with E-state index in [0.29, 0.717) is 13.0 Å². The molecule has 6 heteroatoms. The van der Waals surface area contributed by atoms with E-state index in [9.17, 15) is 9.59 Å². The predicted octanol–water partition coefficient (Wildman–Crippen LogP) is 5.46. The second kappa shape index (κ2) is 8.98. The Morgan fingerprint density at radius 3 is 2.57 bits per heavy atom. The third-order valence-electron chi connectivity index (χ3n) is 7.73. The van der Waals surface area contributed by atoms with Crippen molar-refractivity contribution in [2.24, 2.45) is 0 Å². The number of likely N-dealkylation sites (tertiary alicyclic amines) is 1. The molecule has 0 saturated carbocycles. The summed E-state index contributed by atoms with van der Waals surface area (Å²) in [6, 6.07) is 14.9. The third kappa shape index (κ3) is 4.56. The molecule has 0 radical (unpaired) electrons. The van der Waals surface area contributed by atoms with Crippen molar-refractivity contribution in [3.05, 3.63) is 53.6 Å². The molecule has 5 rings (SSSR count).